The van der Waals surface area contributed by atoms with Gasteiger partial charge in [0.05, 0.1) is 6.54 Å². The van der Waals surface area contributed by atoms with Gasteiger partial charge in [0.15, 0.2) is 0 Å². The fraction of sp³-hybridized carbons (Fsp3) is 0.615. The van der Waals surface area contributed by atoms with Crippen molar-refractivity contribution in [3.63, 3.8) is 0 Å². The Kier molecular flexibility index (Phi) is 8.82. The second-order valence-corrected chi connectivity index (χ2v) is 4.41. The van der Waals surface area contributed by atoms with E-state index in [4.69, 9.17) is 4.74 Å². The summed E-state index contributed by atoms with van der Waals surface area (Å²) in [6.07, 6.45) is 0.675. The normalized spacial score (nSPS) is 9.55. The molecule has 0 heterocycles. The van der Waals surface area contributed by atoms with Crippen molar-refractivity contribution in [3.8, 4) is 0 Å². The Balaban J connectivity index is 3.67. The van der Waals surface area contributed by atoms with Gasteiger partial charge in [0.1, 0.15) is 6.61 Å². The fourth-order valence-corrected chi connectivity index (χ4v) is 1.24. The van der Waals surface area contributed by atoms with Crippen LogP contribution in [0.2, 0.25) is 0 Å². The van der Waals surface area contributed by atoms with Crippen molar-refractivity contribution in [2.24, 2.45) is 0 Å². The molecular formula is C13H23N3O4. The second-order valence-electron chi connectivity index (χ2n) is 4.41. The summed E-state index contributed by atoms with van der Waals surface area (Å²) >= 11 is 0. The predicted octanol–water partition coefficient (Wildman–Crippen LogP) is 0.273. The van der Waals surface area contributed by atoms with Gasteiger partial charge in [0, 0.05) is 32.6 Å². The number of hydrogen-bond donors (Lipinski definition) is 2. The summed E-state index contributed by atoms with van der Waals surface area (Å²) in [6, 6.07) is -0.251. The molecule has 0 saturated carbocycles. The number of nitrogens with one attached hydrogen (secondary N) is 2. The highest BCUT2D eigenvalue weighted by Gasteiger charge is 2.08. The van der Waals surface area contributed by atoms with Gasteiger partial charge in [0.2, 0.25) is 5.91 Å². The van der Waals surface area contributed by atoms with Gasteiger partial charge in [-0.25, -0.2) is 9.59 Å². The Labute approximate surface area is 119 Å². The van der Waals surface area contributed by atoms with Crippen molar-refractivity contribution in [2.75, 3.05) is 33.3 Å². The lowest BCUT2D eigenvalue weighted by atomic mass is 10.4. The quantitative estimate of drug-likeness (QED) is 0.381. The first-order valence-electron chi connectivity index (χ1n) is 6.40. The number of hydrogen-bond acceptors (Lipinski definition) is 4. The van der Waals surface area contributed by atoms with E-state index in [1.165, 1.54) is 11.8 Å². The maximum atomic E-state index is 11.6. The van der Waals surface area contributed by atoms with Crippen molar-refractivity contribution >= 4 is 17.9 Å². The Morgan fingerprint density at radius 3 is 2.35 bits per heavy atom. The molecule has 0 aliphatic rings. The SMILES string of the molecule is C=C(C)C(=O)OCCNC(=O)N(C)CCCNC(C)=O. The molecule has 0 fully saturated rings. The molecule has 0 aliphatic carbocycles. The Hall–Kier alpha value is -2.05. The number of urea groups is 1. The van der Waals surface area contributed by atoms with Crippen LogP contribution in [0.4, 0.5) is 4.79 Å². The minimum absolute atomic E-state index is 0.0866. The molecular weight excluding hydrogens is 262 g/mol. The van der Waals surface area contributed by atoms with Gasteiger partial charge in [-0.2, -0.15) is 0 Å². The van der Waals surface area contributed by atoms with Crippen LogP contribution in [-0.4, -0.2) is 56.1 Å². The molecule has 0 saturated heterocycles. The largest absolute Gasteiger partial charge is 0.460 e. The van der Waals surface area contributed by atoms with Gasteiger partial charge >= 0.3 is 12.0 Å². The first kappa shape index (κ1) is 17.9. The number of carbonyl (C=O) groups is 3. The van der Waals surface area contributed by atoms with Crippen molar-refractivity contribution in [1.29, 1.82) is 0 Å². The Morgan fingerprint density at radius 2 is 1.80 bits per heavy atom. The van der Waals surface area contributed by atoms with Gasteiger partial charge in [-0.1, -0.05) is 6.58 Å². The lowest BCUT2D eigenvalue weighted by molar-refractivity contribution is -0.138. The molecule has 0 aromatic rings. The third kappa shape index (κ3) is 8.96. The molecule has 0 aromatic carbocycles. The standard InChI is InChI=1S/C13H23N3O4/c1-10(2)12(18)20-9-7-15-13(19)16(4)8-5-6-14-11(3)17/h1,5-9H2,2-4H3,(H,14,17)(H,15,19). The van der Waals surface area contributed by atoms with E-state index in [0.29, 0.717) is 25.1 Å². The molecule has 0 aliphatic heterocycles. The van der Waals surface area contributed by atoms with Crippen LogP contribution in [0, 0.1) is 0 Å². The summed E-state index contributed by atoms with van der Waals surface area (Å²) in [5.41, 5.74) is 0.325. The zero-order valence-electron chi connectivity index (χ0n) is 12.3. The van der Waals surface area contributed by atoms with Crippen LogP contribution in [0.1, 0.15) is 20.3 Å². The topological polar surface area (TPSA) is 87.7 Å². The molecule has 7 nitrogen and oxygen atoms in total. The van der Waals surface area contributed by atoms with Gasteiger partial charge in [-0.3, -0.25) is 4.79 Å². The van der Waals surface area contributed by atoms with Crippen LogP contribution in [-0.2, 0) is 14.3 Å². The third-order valence-electron chi connectivity index (χ3n) is 2.35. The predicted molar refractivity (Wildman–Crippen MR) is 75.1 cm³/mol. The molecule has 0 radical (unpaired) electrons. The van der Waals surface area contributed by atoms with Crippen LogP contribution in [0.3, 0.4) is 0 Å². The number of rotatable bonds is 8. The van der Waals surface area contributed by atoms with Crippen molar-refractivity contribution < 1.29 is 19.1 Å². The molecule has 0 spiro atoms. The van der Waals surface area contributed by atoms with Crippen molar-refractivity contribution in [3.05, 3.63) is 12.2 Å². The second kappa shape index (κ2) is 9.82. The molecule has 0 unspecified atom stereocenters. The molecule has 0 bridgehead atoms. The highest BCUT2D eigenvalue weighted by Crippen LogP contribution is 1.91. The van der Waals surface area contributed by atoms with Gasteiger partial charge < -0.3 is 20.3 Å². The van der Waals surface area contributed by atoms with Crippen molar-refractivity contribution in [1.82, 2.24) is 15.5 Å². The minimum atomic E-state index is -0.470. The molecule has 114 valence electrons. The molecule has 2 N–H and O–H groups in total. The zero-order chi connectivity index (χ0) is 15.5. The van der Waals surface area contributed by atoms with E-state index in [-0.39, 0.29) is 25.1 Å². The van der Waals surface area contributed by atoms with E-state index >= 15 is 0 Å². The summed E-state index contributed by atoms with van der Waals surface area (Å²) in [5.74, 6) is -0.556. The lowest BCUT2D eigenvalue weighted by Crippen LogP contribution is -2.40. The number of nitrogens with zero attached hydrogens (tertiary/aromatic N) is 1. The van der Waals surface area contributed by atoms with Crippen LogP contribution >= 0.6 is 0 Å². The molecule has 7 heteroatoms. The van der Waals surface area contributed by atoms with E-state index in [0.717, 1.165) is 0 Å². The summed E-state index contributed by atoms with van der Waals surface area (Å²) in [4.78, 5) is 34.8. The average molecular weight is 285 g/mol. The summed E-state index contributed by atoms with van der Waals surface area (Å²) in [7, 11) is 1.66. The monoisotopic (exact) mass is 285 g/mol. The maximum absolute atomic E-state index is 11.6. The van der Waals surface area contributed by atoms with E-state index in [1.807, 2.05) is 0 Å². The smallest absolute Gasteiger partial charge is 0.333 e. The Morgan fingerprint density at radius 1 is 1.15 bits per heavy atom. The molecule has 0 rings (SSSR count). The average Bonchev–Trinajstić information content (AvgIpc) is 2.38. The van der Waals surface area contributed by atoms with Crippen LogP contribution in [0.5, 0.6) is 0 Å². The number of ether oxygens (including phenoxy) is 1. The minimum Gasteiger partial charge on any atom is -0.460 e. The lowest BCUT2D eigenvalue weighted by Gasteiger charge is -2.17. The van der Waals surface area contributed by atoms with E-state index in [2.05, 4.69) is 17.2 Å². The van der Waals surface area contributed by atoms with Crippen LogP contribution < -0.4 is 10.6 Å². The van der Waals surface area contributed by atoms with Gasteiger partial charge in [-0.15, -0.1) is 0 Å². The number of amides is 3. The van der Waals surface area contributed by atoms with E-state index in [1.54, 1.807) is 14.0 Å². The fourth-order valence-electron chi connectivity index (χ4n) is 1.24. The highest BCUT2D eigenvalue weighted by molar-refractivity contribution is 5.86. The molecule has 0 aromatic heterocycles. The third-order valence-corrected chi connectivity index (χ3v) is 2.35. The first-order chi connectivity index (χ1) is 9.34. The molecule has 3 amide bonds. The zero-order valence-corrected chi connectivity index (χ0v) is 12.3. The number of esters is 1. The van der Waals surface area contributed by atoms with E-state index < -0.39 is 5.97 Å². The summed E-state index contributed by atoms with van der Waals surface area (Å²) in [5, 5.41) is 5.27. The molecule has 20 heavy (non-hydrogen) atoms. The van der Waals surface area contributed by atoms with Gasteiger partial charge in [-0.05, 0) is 13.3 Å². The Bertz CT molecular complexity index is 369. The van der Waals surface area contributed by atoms with Gasteiger partial charge in [0.25, 0.3) is 0 Å². The molecule has 0 atom stereocenters. The van der Waals surface area contributed by atoms with Crippen LogP contribution in [0.25, 0.3) is 0 Å². The summed E-state index contributed by atoms with van der Waals surface area (Å²) < 4.78 is 4.84. The number of carbonyl (C=O) groups excluding carboxylic acids is 3. The maximum Gasteiger partial charge on any atom is 0.333 e. The van der Waals surface area contributed by atoms with E-state index in [9.17, 15) is 14.4 Å². The highest BCUT2D eigenvalue weighted by atomic mass is 16.5. The van der Waals surface area contributed by atoms with Crippen LogP contribution in [0.15, 0.2) is 12.2 Å². The van der Waals surface area contributed by atoms with Crippen molar-refractivity contribution in [2.45, 2.75) is 20.3 Å². The first-order valence-corrected chi connectivity index (χ1v) is 6.40. The summed E-state index contributed by atoms with van der Waals surface area (Å²) in [6.45, 7) is 7.87.